The van der Waals surface area contributed by atoms with E-state index in [0.717, 1.165) is 48.0 Å². The summed E-state index contributed by atoms with van der Waals surface area (Å²) in [5.74, 6) is 0.396. The Labute approximate surface area is 188 Å². The molecule has 0 atom stereocenters. The summed E-state index contributed by atoms with van der Waals surface area (Å²) in [6.45, 7) is 2.29. The van der Waals surface area contributed by atoms with Crippen LogP contribution in [0.3, 0.4) is 0 Å². The number of unbranched alkanes of at least 4 members (excludes halogenated alkanes) is 1. The molecule has 3 rings (SSSR count). The Bertz CT molecular complexity index is 994. The van der Waals surface area contributed by atoms with Crippen LogP contribution in [0.25, 0.3) is 11.4 Å². The number of urea groups is 1. The Balaban J connectivity index is 1.32. The Morgan fingerprint density at radius 2 is 1.87 bits per heavy atom. The van der Waals surface area contributed by atoms with Gasteiger partial charge in [-0.3, -0.25) is 0 Å². The number of aryl methyl sites for hydroxylation is 1. The van der Waals surface area contributed by atoms with Gasteiger partial charge in [-0.2, -0.15) is 0 Å². The molecule has 2 amide bonds. The first kappa shape index (κ1) is 22.8. The lowest BCUT2D eigenvalue weighted by molar-refractivity contribution is 0.252. The highest BCUT2D eigenvalue weighted by Gasteiger charge is 2.10. The molecule has 1 heterocycles. The third kappa shape index (κ3) is 7.41. The zero-order valence-corrected chi connectivity index (χ0v) is 18.8. The summed E-state index contributed by atoms with van der Waals surface area (Å²) in [6.07, 6.45) is 2.68. The van der Waals surface area contributed by atoms with E-state index in [2.05, 4.69) is 47.4 Å². The number of carbonyl (C=O) groups excluding carboxylic acids is 1. The summed E-state index contributed by atoms with van der Waals surface area (Å²) in [6, 6.07) is 11.8. The molecule has 0 aliphatic rings. The Kier molecular flexibility index (Phi) is 8.48. The minimum absolute atomic E-state index is 0.212. The smallest absolute Gasteiger partial charge is 0.319 e. The number of rotatable bonds is 10. The highest BCUT2D eigenvalue weighted by Crippen LogP contribution is 2.25. The molecule has 3 N–H and O–H groups in total. The lowest BCUT2D eigenvalue weighted by Gasteiger charge is -2.10. The number of anilines is 1. The SMILES string of the molecule is Cn1nnnc1-c1cc(Br)cc(NC(=O)NCCCCNCCc2ccc(F)cc2)c1. The van der Waals surface area contributed by atoms with Crippen molar-refractivity contribution in [3.63, 3.8) is 0 Å². The molecule has 0 aliphatic heterocycles. The minimum atomic E-state index is -0.260. The van der Waals surface area contributed by atoms with Crippen LogP contribution in [0, 0.1) is 5.82 Å². The first-order valence-electron chi connectivity index (χ1n) is 10.0. The van der Waals surface area contributed by atoms with E-state index in [0.29, 0.717) is 18.1 Å². The van der Waals surface area contributed by atoms with Crippen LogP contribution in [0.5, 0.6) is 0 Å². The van der Waals surface area contributed by atoms with Crippen molar-refractivity contribution >= 4 is 27.6 Å². The molecule has 10 heteroatoms. The number of benzene rings is 2. The van der Waals surface area contributed by atoms with Crippen molar-refractivity contribution in [2.45, 2.75) is 19.3 Å². The summed E-state index contributed by atoms with van der Waals surface area (Å²) in [5.41, 5.74) is 2.55. The number of nitrogens with one attached hydrogen (secondary N) is 3. The highest BCUT2D eigenvalue weighted by atomic mass is 79.9. The van der Waals surface area contributed by atoms with Crippen LogP contribution in [0.1, 0.15) is 18.4 Å². The van der Waals surface area contributed by atoms with Crippen molar-refractivity contribution in [2.24, 2.45) is 7.05 Å². The molecule has 164 valence electrons. The van der Waals surface area contributed by atoms with Crippen molar-refractivity contribution in [1.82, 2.24) is 30.8 Å². The molecule has 0 unspecified atom stereocenters. The van der Waals surface area contributed by atoms with Gasteiger partial charge in [0.15, 0.2) is 5.82 Å². The summed E-state index contributed by atoms with van der Waals surface area (Å²) < 4.78 is 15.3. The lowest BCUT2D eigenvalue weighted by Crippen LogP contribution is -2.30. The van der Waals surface area contributed by atoms with Crippen molar-refractivity contribution in [1.29, 1.82) is 0 Å². The number of aromatic nitrogens is 4. The molecular weight excluding hydrogens is 465 g/mol. The maximum absolute atomic E-state index is 12.9. The van der Waals surface area contributed by atoms with Gasteiger partial charge in [-0.1, -0.05) is 28.1 Å². The fourth-order valence-electron chi connectivity index (χ4n) is 3.03. The second-order valence-corrected chi connectivity index (χ2v) is 7.98. The van der Waals surface area contributed by atoms with E-state index in [1.54, 1.807) is 23.9 Å². The van der Waals surface area contributed by atoms with Gasteiger partial charge in [0.05, 0.1) is 0 Å². The van der Waals surface area contributed by atoms with E-state index >= 15 is 0 Å². The largest absolute Gasteiger partial charge is 0.338 e. The fourth-order valence-corrected chi connectivity index (χ4v) is 3.52. The van der Waals surface area contributed by atoms with Gasteiger partial charge in [0.25, 0.3) is 0 Å². The minimum Gasteiger partial charge on any atom is -0.338 e. The zero-order valence-electron chi connectivity index (χ0n) is 17.2. The first-order valence-corrected chi connectivity index (χ1v) is 10.8. The number of carbonyl (C=O) groups is 1. The summed E-state index contributed by atoms with van der Waals surface area (Å²) in [4.78, 5) is 12.2. The first-order chi connectivity index (χ1) is 15.0. The number of halogens is 2. The molecule has 0 aliphatic carbocycles. The van der Waals surface area contributed by atoms with Crippen molar-refractivity contribution in [3.8, 4) is 11.4 Å². The van der Waals surface area contributed by atoms with Gasteiger partial charge >= 0.3 is 6.03 Å². The second-order valence-electron chi connectivity index (χ2n) is 7.07. The van der Waals surface area contributed by atoms with E-state index in [1.165, 1.54) is 12.1 Å². The van der Waals surface area contributed by atoms with Crippen LogP contribution in [0.2, 0.25) is 0 Å². The molecule has 0 saturated heterocycles. The molecule has 1 aromatic heterocycles. The van der Waals surface area contributed by atoms with Gasteiger partial charge in [-0.05, 0) is 78.7 Å². The molecule has 0 spiro atoms. The maximum atomic E-state index is 12.9. The number of hydrogen-bond donors (Lipinski definition) is 3. The van der Waals surface area contributed by atoms with E-state index in [9.17, 15) is 9.18 Å². The number of nitrogens with zero attached hydrogens (tertiary/aromatic N) is 4. The van der Waals surface area contributed by atoms with E-state index in [1.807, 2.05) is 18.2 Å². The number of tetrazole rings is 1. The van der Waals surface area contributed by atoms with Crippen LogP contribution in [-0.4, -0.2) is 45.9 Å². The molecular formula is C21H25BrFN7O. The Hall–Kier alpha value is -2.85. The molecule has 0 fully saturated rings. The predicted molar refractivity (Wildman–Crippen MR) is 121 cm³/mol. The van der Waals surface area contributed by atoms with Crippen molar-refractivity contribution in [2.75, 3.05) is 25.0 Å². The van der Waals surface area contributed by atoms with Gasteiger partial charge < -0.3 is 16.0 Å². The average molecular weight is 490 g/mol. The summed E-state index contributed by atoms with van der Waals surface area (Å²) in [5, 5.41) is 20.5. The topological polar surface area (TPSA) is 96.8 Å². The average Bonchev–Trinajstić information content (AvgIpc) is 3.17. The van der Waals surface area contributed by atoms with Gasteiger partial charge in [-0.15, -0.1) is 5.10 Å². The van der Waals surface area contributed by atoms with E-state index in [4.69, 9.17) is 0 Å². The van der Waals surface area contributed by atoms with Gasteiger partial charge in [0.2, 0.25) is 0 Å². The third-order valence-corrected chi connectivity index (χ3v) is 5.06. The molecule has 0 saturated carbocycles. The number of amides is 2. The van der Waals surface area contributed by atoms with Gasteiger partial charge in [0.1, 0.15) is 5.82 Å². The highest BCUT2D eigenvalue weighted by molar-refractivity contribution is 9.10. The molecule has 2 aromatic carbocycles. The van der Waals surface area contributed by atoms with Crippen molar-refractivity contribution in [3.05, 3.63) is 58.3 Å². The van der Waals surface area contributed by atoms with E-state index in [-0.39, 0.29) is 11.8 Å². The second kappa shape index (κ2) is 11.5. The molecule has 31 heavy (non-hydrogen) atoms. The van der Waals surface area contributed by atoms with Gasteiger partial charge in [-0.25, -0.2) is 13.9 Å². The zero-order chi connectivity index (χ0) is 22.1. The van der Waals surface area contributed by atoms with Crippen LogP contribution in [0.4, 0.5) is 14.9 Å². The standard InChI is InChI=1S/C21H25BrFN7O/c1-30-20(27-28-29-30)16-12-17(22)14-19(13-16)26-21(31)25-10-3-2-9-24-11-8-15-4-6-18(23)7-5-15/h4-7,12-14,24H,2-3,8-11H2,1H3,(H2,25,26,31). The number of hydrogen-bond acceptors (Lipinski definition) is 5. The summed E-state index contributed by atoms with van der Waals surface area (Å²) in [7, 11) is 1.76. The van der Waals surface area contributed by atoms with Crippen molar-refractivity contribution < 1.29 is 9.18 Å². The van der Waals surface area contributed by atoms with Crippen LogP contribution in [0.15, 0.2) is 46.9 Å². The molecule has 0 bridgehead atoms. The third-order valence-electron chi connectivity index (χ3n) is 4.60. The predicted octanol–water partition coefficient (Wildman–Crippen LogP) is 3.51. The Morgan fingerprint density at radius 1 is 1.10 bits per heavy atom. The van der Waals surface area contributed by atoms with Crippen LogP contribution >= 0.6 is 15.9 Å². The quantitative estimate of drug-likeness (QED) is 0.378. The maximum Gasteiger partial charge on any atom is 0.319 e. The van der Waals surface area contributed by atoms with Gasteiger partial charge in [0, 0.05) is 29.3 Å². The van der Waals surface area contributed by atoms with Crippen LogP contribution in [-0.2, 0) is 13.5 Å². The fraction of sp³-hybridized carbons (Fsp3) is 0.333. The Morgan fingerprint density at radius 3 is 2.61 bits per heavy atom. The molecule has 0 radical (unpaired) electrons. The normalized spacial score (nSPS) is 10.8. The molecule has 3 aromatic rings. The summed E-state index contributed by atoms with van der Waals surface area (Å²) >= 11 is 3.45. The lowest BCUT2D eigenvalue weighted by atomic mass is 10.1. The molecule has 8 nitrogen and oxygen atoms in total. The van der Waals surface area contributed by atoms with E-state index < -0.39 is 0 Å². The van der Waals surface area contributed by atoms with Crippen LogP contribution < -0.4 is 16.0 Å². The monoisotopic (exact) mass is 489 g/mol.